The van der Waals surface area contributed by atoms with Crippen molar-refractivity contribution in [1.82, 2.24) is 0 Å². The van der Waals surface area contributed by atoms with E-state index in [1.165, 1.54) is 30.6 Å². The summed E-state index contributed by atoms with van der Waals surface area (Å²) in [6, 6.07) is 13.0. The van der Waals surface area contributed by atoms with Crippen molar-refractivity contribution in [2.75, 3.05) is 19.0 Å². The van der Waals surface area contributed by atoms with E-state index in [0.29, 0.717) is 21.9 Å². The zero-order valence-electron chi connectivity index (χ0n) is 15.6. The minimum absolute atomic E-state index is 0.230. The van der Waals surface area contributed by atoms with Gasteiger partial charge in [-0.25, -0.2) is 9.18 Å². The SMILES string of the molecule is COC(=O)c1c(NC(=O)COc2ccccc2Br)sc(C)c1-c1ccc(F)cc1. The number of thiophene rings is 1. The maximum absolute atomic E-state index is 13.3. The van der Waals surface area contributed by atoms with Crippen molar-refractivity contribution in [2.24, 2.45) is 0 Å². The molecule has 0 spiro atoms. The standard InChI is InChI=1S/C21H17BrFNO4S/c1-12-18(13-7-9-14(23)10-8-13)19(21(26)27-2)20(29-12)24-17(25)11-28-16-6-4-3-5-15(16)22/h3-10H,11H2,1-2H3,(H,24,25). The molecule has 3 aromatic rings. The summed E-state index contributed by atoms with van der Waals surface area (Å²) >= 11 is 4.60. The average Bonchev–Trinajstić information content (AvgIpc) is 3.03. The van der Waals surface area contributed by atoms with Gasteiger partial charge in [0, 0.05) is 10.4 Å². The second-order valence-corrected chi connectivity index (χ2v) is 8.08. The van der Waals surface area contributed by atoms with Crippen LogP contribution in [0.3, 0.4) is 0 Å². The first kappa shape index (κ1) is 21.0. The Morgan fingerprint density at radius 3 is 2.48 bits per heavy atom. The number of amides is 1. The van der Waals surface area contributed by atoms with E-state index in [0.717, 1.165) is 9.35 Å². The Bertz CT molecular complexity index is 1050. The number of rotatable bonds is 6. The van der Waals surface area contributed by atoms with Gasteiger partial charge in [0.05, 0.1) is 11.6 Å². The van der Waals surface area contributed by atoms with Gasteiger partial charge in [-0.05, 0) is 52.7 Å². The summed E-state index contributed by atoms with van der Waals surface area (Å²) in [5, 5.41) is 3.08. The molecule has 1 heterocycles. The number of para-hydroxylation sites is 1. The highest BCUT2D eigenvalue weighted by molar-refractivity contribution is 9.10. The molecule has 0 aliphatic carbocycles. The van der Waals surface area contributed by atoms with E-state index in [-0.39, 0.29) is 18.0 Å². The lowest BCUT2D eigenvalue weighted by Gasteiger charge is -2.10. The summed E-state index contributed by atoms with van der Waals surface area (Å²) in [4.78, 5) is 25.6. The molecule has 2 aromatic carbocycles. The van der Waals surface area contributed by atoms with Crippen molar-refractivity contribution in [3.63, 3.8) is 0 Å². The van der Waals surface area contributed by atoms with Gasteiger partial charge in [0.1, 0.15) is 22.1 Å². The third-order valence-corrected chi connectivity index (χ3v) is 5.73. The quantitative estimate of drug-likeness (QED) is 0.480. The molecule has 29 heavy (non-hydrogen) atoms. The molecule has 0 saturated heterocycles. The number of benzene rings is 2. The third kappa shape index (κ3) is 4.83. The number of carbonyl (C=O) groups excluding carboxylic acids is 2. The predicted molar refractivity (Wildman–Crippen MR) is 114 cm³/mol. The van der Waals surface area contributed by atoms with Crippen molar-refractivity contribution in [2.45, 2.75) is 6.92 Å². The van der Waals surface area contributed by atoms with Gasteiger partial charge < -0.3 is 14.8 Å². The van der Waals surface area contributed by atoms with Crippen LogP contribution in [-0.2, 0) is 9.53 Å². The van der Waals surface area contributed by atoms with Crippen LogP contribution < -0.4 is 10.1 Å². The molecule has 0 atom stereocenters. The van der Waals surface area contributed by atoms with E-state index in [1.54, 1.807) is 30.3 Å². The van der Waals surface area contributed by atoms with Crippen molar-refractivity contribution in [3.8, 4) is 16.9 Å². The van der Waals surface area contributed by atoms with Crippen molar-refractivity contribution < 1.29 is 23.5 Å². The van der Waals surface area contributed by atoms with E-state index in [2.05, 4.69) is 21.2 Å². The smallest absolute Gasteiger partial charge is 0.341 e. The van der Waals surface area contributed by atoms with E-state index in [1.807, 2.05) is 13.0 Å². The molecule has 0 fully saturated rings. The normalized spacial score (nSPS) is 10.5. The van der Waals surface area contributed by atoms with Crippen LogP contribution in [0.15, 0.2) is 53.0 Å². The molecule has 1 amide bonds. The van der Waals surface area contributed by atoms with E-state index in [9.17, 15) is 14.0 Å². The van der Waals surface area contributed by atoms with Crippen LogP contribution in [0.5, 0.6) is 5.75 Å². The number of esters is 1. The molecule has 0 aliphatic heterocycles. The Kier molecular flexibility index (Phi) is 6.66. The maximum atomic E-state index is 13.3. The Morgan fingerprint density at radius 1 is 1.14 bits per heavy atom. The Morgan fingerprint density at radius 2 is 1.83 bits per heavy atom. The Labute approximate surface area is 179 Å². The number of hydrogen-bond donors (Lipinski definition) is 1. The minimum atomic E-state index is -0.587. The summed E-state index contributed by atoms with van der Waals surface area (Å²) < 4.78 is 24.5. The average molecular weight is 478 g/mol. The number of anilines is 1. The number of aryl methyl sites for hydroxylation is 1. The van der Waals surface area contributed by atoms with E-state index in [4.69, 9.17) is 9.47 Å². The molecule has 1 aromatic heterocycles. The lowest BCUT2D eigenvalue weighted by molar-refractivity contribution is -0.118. The largest absolute Gasteiger partial charge is 0.483 e. The highest BCUT2D eigenvalue weighted by atomic mass is 79.9. The molecule has 150 valence electrons. The van der Waals surface area contributed by atoms with Crippen molar-refractivity contribution in [1.29, 1.82) is 0 Å². The first-order valence-corrected chi connectivity index (χ1v) is 10.2. The molecule has 0 saturated carbocycles. The zero-order chi connectivity index (χ0) is 21.0. The summed E-state index contributed by atoms with van der Waals surface area (Å²) in [5.74, 6) is -0.849. The fraction of sp³-hybridized carbons (Fsp3) is 0.143. The molecule has 0 bridgehead atoms. The minimum Gasteiger partial charge on any atom is -0.483 e. The molecular formula is C21H17BrFNO4S. The van der Waals surface area contributed by atoms with Crippen LogP contribution in [0.25, 0.3) is 11.1 Å². The number of ether oxygens (including phenoxy) is 2. The zero-order valence-corrected chi connectivity index (χ0v) is 18.0. The summed E-state index contributed by atoms with van der Waals surface area (Å²) in [6.07, 6.45) is 0. The predicted octanol–water partition coefficient (Wildman–Crippen LogP) is 5.43. The lowest BCUT2D eigenvalue weighted by Crippen LogP contribution is -2.21. The summed E-state index contributed by atoms with van der Waals surface area (Å²) in [7, 11) is 1.27. The van der Waals surface area contributed by atoms with E-state index < -0.39 is 11.9 Å². The number of hydrogen-bond acceptors (Lipinski definition) is 5. The summed E-state index contributed by atoms with van der Waals surface area (Å²) in [6.45, 7) is 1.59. The van der Waals surface area contributed by atoms with Crippen LogP contribution in [0.2, 0.25) is 0 Å². The van der Waals surface area contributed by atoms with Gasteiger partial charge in [-0.3, -0.25) is 4.79 Å². The number of nitrogens with one attached hydrogen (secondary N) is 1. The first-order chi connectivity index (χ1) is 13.9. The van der Waals surface area contributed by atoms with Gasteiger partial charge in [0.2, 0.25) is 0 Å². The Hall–Kier alpha value is -2.71. The molecule has 5 nitrogen and oxygen atoms in total. The van der Waals surface area contributed by atoms with Crippen LogP contribution >= 0.6 is 27.3 Å². The topological polar surface area (TPSA) is 64.6 Å². The van der Waals surface area contributed by atoms with Crippen LogP contribution in [0.1, 0.15) is 15.2 Å². The Balaban J connectivity index is 1.86. The molecular weight excluding hydrogens is 461 g/mol. The van der Waals surface area contributed by atoms with Crippen LogP contribution in [0.4, 0.5) is 9.39 Å². The second-order valence-electron chi connectivity index (χ2n) is 6.00. The van der Waals surface area contributed by atoms with E-state index >= 15 is 0 Å². The number of halogens is 2. The highest BCUT2D eigenvalue weighted by Crippen LogP contribution is 2.40. The molecule has 0 aliphatic rings. The molecule has 3 rings (SSSR count). The van der Waals surface area contributed by atoms with Gasteiger partial charge in [-0.2, -0.15) is 0 Å². The van der Waals surface area contributed by atoms with Gasteiger partial charge in [-0.15, -0.1) is 11.3 Å². The first-order valence-electron chi connectivity index (χ1n) is 8.55. The maximum Gasteiger partial charge on any atom is 0.341 e. The van der Waals surface area contributed by atoms with Gasteiger partial charge in [0.15, 0.2) is 6.61 Å². The molecule has 8 heteroatoms. The monoisotopic (exact) mass is 477 g/mol. The fourth-order valence-electron chi connectivity index (χ4n) is 2.76. The van der Waals surface area contributed by atoms with Gasteiger partial charge in [-0.1, -0.05) is 24.3 Å². The second kappa shape index (κ2) is 9.19. The van der Waals surface area contributed by atoms with Crippen molar-refractivity contribution >= 4 is 44.1 Å². The van der Waals surface area contributed by atoms with Gasteiger partial charge >= 0.3 is 5.97 Å². The highest BCUT2D eigenvalue weighted by Gasteiger charge is 2.25. The number of carbonyl (C=O) groups is 2. The number of methoxy groups -OCH3 is 1. The third-order valence-electron chi connectivity index (χ3n) is 4.06. The van der Waals surface area contributed by atoms with Gasteiger partial charge in [0.25, 0.3) is 5.91 Å². The van der Waals surface area contributed by atoms with Crippen LogP contribution in [-0.4, -0.2) is 25.6 Å². The fourth-order valence-corrected chi connectivity index (χ4v) is 4.24. The van der Waals surface area contributed by atoms with Crippen LogP contribution in [0, 0.1) is 12.7 Å². The van der Waals surface area contributed by atoms with Crippen molar-refractivity contribution in [3.05, 3.63) is 69.3 Å². The summed E-state index contributed by atoms with van der Waals surface area (Å²) in [5.41, 5.74) is 1.49. The molecule has 0 unspecified atom stereocenters. The molecule has 1 N–H and O–H groups in total. The lowest BCUT2D eigenvalue weighted by atomic mass is 10.0. The molecule has 0 radical (unpaired) electrons.